The molecular weight excluding hydrogens is 518 g/mol. The highest BCUT2D eigenvalue weighted by Gasteiger charge is 2.28. The molecule has 0 aliphatic heterocycles. The van der Waals surface area contributed by atoms with Crippen molar-refractivity contribution in [2.45, 2.75) is 100 Å². The average Bonchev–Trinajstić information content (AvgIpc) is 2.93. The molecule has 5 heteroatoms. The molecule has 5 nitrogen and oxygen atoms in total. The summed E-state index contributed by atoms with van der Waals surface area (Å²) in [7, 11) is 0. The lowest BCUT2D eigenvalue weighted by atomic mass is 9.99. The van der Waals surface area contributed by atoms with Gasteiger partial charge in [-0.1, -0.05) is 83.5 Å². The maximum atomic E-state index is 13.8. The summed E-state index contributed by atoms with van der Waals surface area (Å²) in [5.41, 5.74) is 3.55. The number of carbonyl (C=O) groups excluding carboxylic acids is 1. The van der Waals surface area contributed by atoms with Crippen LogP contribution in [0.2, 0.25) is 0 Å². The van der Waals surface area contributed by atoms with E-state index in [1.54, 1.807) is 0 Å². The third-order valence-corrected chi connectivity index (χ3v) is 7.48. The molecule has 0 aliphatic carbocycles. The van der Waals surface area contributed by atoms with Gasteiger partial charge in [0.2, 0.25) is 5.91 Å². The first-order valence-corrected chi connectivity index (χ1v) is 16.1. The summed E-state index contributed by atoms with van der Waals surface area (Å²) in [6.45, 7) is 23.9. The van der Waals surface area contributed by atoms with Gasteiger partial charge in [-0.05, 0) is 101 Å². The van der Waals surface area contributed by atoms with E-state index >= 15 is 0 Å². The summed E-state index contributed by atoms with van der Waals surface area (Å²) in [6.07, 6.45) is 5.34. The number of hydrogen-bond donors (Lipinski definition) is 1. The number of ether oxygens (including phenoxy) is 1. The van der Waals surface area contributed by atoms with Gasteiger partial charge in [0.15, 0.2) is 0 Å². The fourth-order valence-corrected chi connectivity index (χ4v) is 4.93. The minimum Gasteiger partial charge on any atom is -0.489 e. The first-order valence-electron chi connectivity index (χ1n) is 16.1. The number of benzene rings is 2. The Hall–Kier alpha value is -2.79. The van der Waals surface area contributed by atoms with Crippen LogP contribution in [0.25, 0.3) is 0 Å². The maximum absolute atomic E-state index is 13.8. The number of amides is 1. The summed E-state index contributed by atoms with van der Waals surface area (Å²) in [5.74, 6) is 2.70. The predicted molar refractivity (Wildman–Crippen MR) is 180 cm³/mol. The molecule has 0 fully saturated rings. The molecule has 0 saturated heterocycles. The molecule has 0 bridgehead atoms. The van der Waals surface area contributed by atoms with Crippen LogP contribution in [-0.2, 0) is 11.4 Å². The summed E-state index contributed by atoms with van der Waals surface area (Å²) in [4.78, 5) is 18.6. The van der Waals surface area contributed by atoms with E-state index in [-0.39, 0.29) is 18.0 Å². The van der Waals surface area contributed by atoms with Gasteiger partial charge in [0.05, 0.1) is 6.04 Å². The Morgan fingerprint density at radius 3 is 1.95 bits per heavy atom. The lowest BCUT2D eigenvalue weighted by Gasteiger charge is -2.34. The van der Waals surface area contributed by atoms with Gasteiger partial charge in [-0.15, -0.1) is 0 Å². The van der Waals surface area contributed by atoms with E-state index in [1.807, 2.05) is 30.3 Å². The van der Waals surface area contributed by atoms with Crippen molar-refractivity contribution in [3.05, 3.63) is 71.8 Å². The topological polar surface area (TPSA) is 44.8 Å². The second kappa shape index (κ2) is 18.7. The van der Waals surface area contributed by atoms with Gasteiger partial charge in [0.1, 0.15) is 12.4 Å². The largest absolute Gasteiger partial charge is 0.489 e. The summed E-state index contributed by atoms with van der Waals surface area (Å²) >= 11 is 0. The Labute approximate surface area is 257 Å². The summed E-state index contributed by atoms with van der Waals surface area (Å²) in [6, 6.07) is 18.4. The Bertz CT molecular complexity index is 1030. The normalized spacial score (nSPS) is 13.0. The van der Waals surface area contributed by atoms with Crippen molar-refractivity contribution < 1.29 is 9.53 Å². The van der Waals surface area contributed by atoms with Crippen LogP contribution in [0.15, 0.2) is 66.2 Å². The first kappa shape index (κ1) is 35.4. The van der Waals surface area contributed by atoms with Gasteiger partial charge in [-0.3, -0.25) is 9.69 Å². The van der Waals surface area contributed by atoms with Crippen molar-refractivity contribution in [3.63, 3.8) is 0 Å². The van der Waals surface area contributed by atoms with Crippen LogP contribution >= 0.6 is 0 Å². The second-order valence-corrected chi connectivity index (χ2v) is 13.4. The van der Waals surface area contributed by atoms with Crippen LogP contribution in [-0.4, -0.2) is 49.1 Å². The van der Waals surface area contributed by atoms with Gasteiger partial charge in [0.25, 0.3) is 0 Å². The number of allylic oxidation sites excluding steroid dienone is 1. The molecule has 2 atom stereocenters. The molecule has 0 radical (unpaired) electrons. The SMILES string of the molecule is CC(C)=CCN(C[C@H](C)NC(=O)[C@@H](CC(C)C)N(CCC(C)C)CCC(C)C)c1ccc(OCc2ccccc2)cc1. The molecule has 234 valence electrons. The van der Waals surface area contributed by atoms with Crippen LogP contribution in [0.5, 0.6) is 5.75 Å². The van der Waals surface area contributed by atoms with E-state index < -0.39 is 0 Å². The van der Waals surface area contributed by atoms with E-state index in [0.29, 0.717) is 24.4 Å². The summed E-state index contributed by atoms with van der Waals surface area (Å²) in [5, 5.41) is 3.41. The molecule has 42 heavy (non-hydrogen) atoms. The van der Waals surface area contributed by atoms with Crippen molar-refractivity contribution in [2.75, 3.05) is 31.1 Å². The molecule has 2 aromatic rings. The molecule has 1 amide bonds. The quantitative estimate of drug-likeness (QED) is 0.170. The number of hydrogen-bond acceptors (Lipinski definition) is 4. The Morgan fingerprint density at radius 1 is 0.833 bits per heavy atom. The fourth-order valence-electron chi connectivity index (χ4n) is 4.93. The van der Waals surface area contributed by atoms with E-state index in [0.717, 1.165) is 62.4 Å². The zero-order chi connectivity index (χ0) is 31.1. The minimum atomic E-state index is -0.0998. The van der Waals surface area contributed by atoms with Crippen LogP contribution in [0.4, 0.5) is 5.69 Å². The molecule has 0 heterocycles. The van der Waals surface area contributed by atoms with Crippen molar-refractivity contribution in [3.8, 4) is 5.75 Å². The molecule has 0 saturated carbocycles. The molecule has 0 spiro atoms. The van der Waals surface area contributed by atoms with Gasteiger partial charge in [-0.25, -0.2) is 0 Å². The van der Waals surface area contributed by atoms with Gasteiger partial charge < -0.3 is 15.0 Å². The molecule has 2 aromatic carbocycles. The van der Waals surface area contributed by atoms with Crippen LogP contribution in [0.3, 0.4) is 0 Å². The molecule has 0 aliphatic rings. The van der Waals surface area contributed by atoms with Crippen molar-refractivity contribution in [1.82, 2.24) is 10.2 Å². The highest BCUT2D eigenvalue weighted by molar-refractivity contribution is 5.82. The smallest absolute Gasteiger partial charge is 0.237 e. The predicted octanol–water partition coefficient (Wildman–Crippen LogP) is 8.35. The molecule has 0 aromatic heterocycles. The highest BCUT2D eigenvalue weighted by Crippen LogP contribution is 2.22. The third-order valence-electron chi connectivity index (χ3n) is 7.48. The van der Waals surface area contributed by atoms with Gasteiger partial charge in [-0.2, -0.15) is 0 Å². The lowest BCUT2D eigenvalue weighted by molar-refractivity contribution is -0.127. The van der Waals surface area contributed by atoms with E-state index in [2.05, 4.69) is 108 Å². The number of anilines is 1. The van der Waals surface area contributed by atoms with Crippen molar-refractivity contribution >= 4 is 11.6 Å². The van der Waals surface area contributed by atoms with Crippen LogP contribution in [0.1, 0.15) is 87.1 Å². The molecular formula is C37H59N3O2. The average molecular weight is 578 g/mol. The fraction of sp³-hybridized carbons (Fsp3) is 0.595. The number of nitrogens with one attached hydrogen (secondary N) is 1. The first-order chi connectivity index (χ1) is 19.9. The van der Waals surface area contributed by atoms with Crippen LogP contribution < -0.4 is 15.0 Å². The van der Waals surface area contributed by atoms with Gasteiger partial charge in [0, 0.05) is 24.8 Å². The Morgan fingerprint density at radius 2 is 1.43 bits per heavy atom. The van der Waals surface area contributed by atoms with Crippen LogP contribution in [0, 0.1) is 17.8 Å². The minimum absolute atomic E-state index is 0.00350. The molecule has 1 N–H and O–H groups in total. The Balaban J connectivity index is 2.13. The van der Waals surface area contributed by atoms with Gasteiger partial charge >= 0.3 is 0 Å². The lowest BCUT2D eigenvalue weighted by Crippen LogP contribution is -2.52. The van der Waals surface area contributed by atoms with Crippen molar-refractivity contribution in [2.24, 2.45) is 17.8 Å². The number of carbonyl (C=O) groups is 1. The standard InChI is InChI=1S/C37H59N3O2/c1-28(2)19-22-39(23-20-29(3)4)36(25-31(7)8)37(41)38-32(9)26-40(24-21-30(5)6)34-15-17-35(18-16-34)42-27-33-13-11-10-12-14-33/h10-18,21,28-29,31-32,36H,19-20,22-27H2,1-9H3,(H,38,41)/t32-,36+/m0/s1. The molecule has 0 unspecified atom stereocenters. The van der Waals surface area contributed by atoms with E-state index in [9.17, 15) is 4.79 Å². The number of nitrogens with zero attached hydrogens (tertiary/aromatic N) is 2. The van der Waals surface area contributed by atoms with E-state index in [4.69, 9.17) is 4.74 Å². The maximum Gasteiger partial charge on any atom is 0.237 e. The highest BCUT2D eigenvalue weighted by atomic mass is 16.5. The summed E-state index contributed by atoms with van der Waals surface area (Å²) < 4.78 is 6.02. The monoisotopic (exact) mass is 577 g/mol. The number of rotatable bonds is 19. The third kappa shape index (κ3) is 13.9. The van der Waals surface area contributed by atoms with Crippen molar-refractivity contribution in [1.29, 1.82) is 0 Å². The van der Waals surface area contributed by atoms with E-state index in [1.165, 1.54) is 5.57 Å². The zero-order valence-corrected chi connectivity index (χ0v) is 28.0. The second-order valence-electron chi connectivity index (χ2n) is 13.4. The molecule has 2 rings (SSSR count). The Kier molecular flexibility index (Phi) is 15.8. The zero-order valence-electron chi connectivity index (χ0n) is 28.0.